The molecule has 2 aromatic carbocycles. The van der Waals surface area contributed by atoms with Gasteiger partial charge in [-0.05, 0) is 62.2 Å². The molecule has 4 aromatic rings. The Morgan fingerprint density at radius 2 is 1.95 bits per heavy atom. The van der Waals surface area contributed by atoms with E-state index in [-0.39, 0.29) is 63.0 Å². The van der Waals surface area contributed by atoms with Crippen molar-refractivity contribution in [2.75, 3.05) is 31.1 Å². The van der Waals surface area contributed by atoms with Gasteiger partial charge in [0.25, 0.3) is 0 Å². The Kier molecular flexibility index (Phi) is 6.04. The number of phenols is 1. The Balaban J connectivity index is 1.35. The third kappa shape index (κ3) is 3.90. The lowest BCUT2D eigenvalue weighted by Crippen LogP contribution is -2.48. The summed E-state index contributed by atoms with van der Waals surface area (Å²) >= 11 is 0. The number of anilines is 1. The van der Waals surface area contributed by atoms with Crippen molar-refractivity contribution in [3.63, 3.8) is 0 Å². The Bertz CT molecular complexity index is 1940. The summed E-state index contributed by atoms with van der Waals surface area (Å²) < 4.78 is 52.2. The van der Waals surface area contributed by atoms with E-state index in [0.717, 1.165) is 32.2 Å². The van der Waals surface area contributed by atoms with Gasteiger partial charge in [0, 0.05) is 30.5 Å². The van der Waals surface area contributed by atoms with Crippen LogP contribution in [0, 0.1) is 24.0 Å². The fourth-order valence-electron chi connectivity index (χ4n) is 7.78. The molecule has 6 heterocycles. The summed E-state index contributed by atoms with van der Waals surface area (Å²) in [4.78, 5) is 31.6. The zero-order chi connectivity index (χ0) is 30.3. The first-order valence-corrected chi connectivity index (χ1v) is 14.9. The maximum Gasteiger partial charge on any atom is 0.319 e. The van der Waals surface area contributed by atoms with Crippen LogP contribution in [0.5, 0.6) is 11.8 Å². The maximum atomic E-state index is 16.8. The van der Waals surface area contributed by atoms with Crippen molar-refractivity contribution >= 4 is 33.3 Å². The monoisotopic (exact) mass is 599 g/mol. The van der Waals surface area contributed by atoms with Gasteiger partial charge in [0.15, 0.2) is 5.82 Å². The van der Waals surface area contributed by atoms with Crippen molar-refractivity contribution in [3.8, 4) is 35.4 Å². The van der Waals surface area contributed by atoms with E-state index in [1.54, 1.807) is 0 Å². The molecule has 11 heteroatoms. The van der Waals surface area contributed by atoms with E-state index in [1.165, 1.54) is 24.3 Å². The summed E-state index contributed by atoms with van der Waals surface area (Å²) in [6, 6.07) is 4.65. The number of fused-ring (bicyclic) bond motifs is 4. The number of piperidine rings is 1. The Morgan fingerprint density at radius 1 is 1.09 bits per heavy atom. The number of hydrogen-bond acceptors (Lipinski definition) is 8. The minimum Gasteiger partial charge on any atom is -0.508 e. The molecular formula is C33H28F3N5O3. The number of aromatic nitrogens is 3. The Morgan fingerprint density at radius 3 is 2.80 bits per heavy atom. The van der Waals surface area contributed by atoms with Gasteiger partial charge in [-0.15, -0.1) is 6.42 Å². The highest BCUT2D eigenvalue weighted by atomic mass is 19.1. The number of carbonyl (C=O) groups excluding carboxylic acids is 1. The first-order valence-electron chi connectivity index (χ1n) is 14.9. The highest BCUT2D eigenvalue weighted by Gasteiger charge is 2.49. The fraction of sp³-hybridized carbons (Fsp3) is 0.394. The summed E-state index contributed by atoms with van der Waals surface area (Å²) in [5.41, 5.74) is -1.01. The standard InChI is InChI=1S/C33H28F3N5O3/c1-2-20-22(35)8-7-17-12-19(42)13-21(24(17)20)27-26(36)28-25-29(37-27)30(43)23-6-3-4-11-41(23)31(25)39-32(38-28)44-16-33-9-5-10-40(33)15-18(34)14-33/h1,7-8,12-13,18,23,42H,3-6,9-11,14-16H2/t18-,23+,33+/m1/s1. The average molecular weight is 600 g/mol. The van der Waals surface area contributed by atoms with Gasteiger partial charge in [-0.3, -0.25) is 9.69 Å². The molecule has 0 saturated carbocycles. The molecule has 4 aliphatic rings. The third-order valence-corrected chi connectivity index (χ3v) is 9.74. The van der Waals surface area contributed by atoms with Crippen LogP contribution in [0.2, 0.25) is 0 Å². The smallest absolute Gasteiger partial charge is 0.319 e. The van der Waals surface area contributed by atoms with E-state index < -0.39 is 29.4 Å². The second kappa shape index (κ2) is 9.79. The number of halogens is 3. The molecule has 0 amide bonds. The molecule has 3 atom stereocenters. The second-order valence-electron chi connectivity index (χ2n) is 12.3. The number of ketones is 1. The van der Waals surface area contributed by atoms with E-state index in [2.05, 4.69) is 20.8 Å². The molecule has 3 fully saturated rings. The van der Waals surface area contributed by atoms with Gasteiger partial charge in [-0.1, -0.05) is 12.0 Å². The molecule has 4 aliphatic heterocycles. The molecule has 3 saturated heterocycles. The number of Topliss-reactive ketones (excluding diaryl/α,β-unsaturated/α-hetero) is 1. The zero-order valence-electron chi connectivity index (χ0n) is 23.7. The normalized spacial score (nSPS) is 24.5. The van der Waals surface area contributed by atoms with Crippen LogP contribution in [0.3, 0.4) is 0 Å². The Labute approximate surface area is 250 Å². The predicted molar refractivity (Wildman–Crippen MR) is 158 cm³/mol. The minimum absolute atomic E-state index is 0.00730. The van der Waals surface area contributed by atoms with Gasteiger partial charge in [0.05, 0.1) is 22.5 Å². The number of aromatic hydroxyl groups is 1. The van der Waals surface area contributed by atoms with Gasteiger partial charge in [-0.2, -0.15) is 9.97 Å². The number of alkyl halides is 1. The summed E-state index contributed by atoms with van der Waals surface area (Å²) in [6.45, 7) is 1.84. The van der Waals surface area contributed by atoms with Gasteiger partial charge < -0.3 is 14.7 Å². The van der Waals surface area contributed by atoms with Gasteiger partial charge in [0.1, 0.15) is 47.1 Å². The molecule has 0 radical (unpaired) electrons. The Hall–Kier alpha value is -4.43. The van der Waals surface area contributed by atoms with E-state index in [1.807, 2.05) is 4.90 Å². The number of carbonyl (C=O) groups is 1. The number of nitrogens with zero attached hydrogens (tertiary/aromatic N) is 5. The van der Waals surface area contributed by atoms with Crippen molar-refractivity contribution in [1.82, 2.24) is 19.9 Å². The van der Waals surface area contributed by atoms with Crippen LogP contribution in [-0.4, -0.2) is 74.7 Å². The van der Waals surface area contributed by atoms with Crippen LogP contribution in [0.15, 0.2) is 24.3 Å². The molecule has 0 bridgehead atoms. The predicted octanol–water partition coefficient (Wildman–Crippen LogP) is 5.32. The second-order valence-corrected chi connectivity index (χ2v) is 12.3. The first-order chi connectivity index (χ1) is 21.3. The van der Waals surface area contributed by atoms with Crippen molar-refractivity contribution in [1.29, 1.82) is 0 Å². The summed E-state index contributed by atoms with van der Waals surface area (Å²) in [6.07, 6.45) is 9.03. The third-order valence-electron chi connectivity index (χ3n) is 9.74. The van der Waals surface area contributed by atoms with Crippen LogP contribution < -0.4 is 9.64 Å². The average Bonchev–Trinajstić information content (AvgIpc) is 3.55. The quantitative estimate of drug-likeness (QED) is 0.315. The van der Waals surface area contributed by atoms with Crippen LogP contribution in [0.4, 0.5) is 19.0 Å². The van der Waals surface area contributed by atoms with Crippen LogP contribution in [0.1, 0.15) is 54.6 Å². The van der Waals surface area contributed by atoms with Crippen molar-refractivity contribution in [3.05, 3.63) is 47.2 Å². The number of rotatable bonds is 4. The summed E-state index contributed by atoms with van der Waals surface area (Å²) in [5, 5.41) is 11.3. The van der Waals surface area contributed by atoms with Crippen molar-refractivity contribution in [2.24, 2.45) is 0 Å². The molecule has 224 valence electrons. The fourth-order valence-corrected chi connectivity index (χ4v) is 7.78. The van der Waals surface area contributed by atoms with Crippen molar-refractivity contribution in [2.45, 2.75) is 56.3 Å². The van der Waals surface area contributed by atoms with Crippen molar-refractivity contribution < 1.29 is 27.8 Å². The maximum absolute atomic E-state index is 16.8. The van der Waals surface area contributed by atoms with E-state index in [4.69, 9.17) is 16.1 Å². The van der Waals surface area contributed by atoms with Gasteiger partial charge in [0.2, 0.25) is 5.78 Å². The van der Waals surface area contributed by atoms with Gasteiger partial charge in [-0.25, -0.2) is 18.2 Å². The SMILES string of the molecule is C#Cc1c(F)ccc2cc(O)cc(-c3nc4c5c(nc(OC[C@@]67CCCN6C[C@H](F)C7)nc5c3F)N3CCCC[C@H]3C4=O)c12. The zero-order valence-corrected chi connectivity index (χ0v) is 23.7. The number of benzene rings is 2. The highest BCUT2D eigenvalue weighted by Crippen LogP contribution is 2.44. The summed E-state index contributed by atoms with van der Waals surface area (Å²) in [5.74, 6) is 0.638. The molecule has 0 aliphatic carbocycles. The lowest BCUT2D eigenvalue weighted by atomic mass is 9.90. The van der Waals surface area contributed by atoms with E-state index in [9.17, 15) is 18.7 Å². The number of ether oxygens (including phenoxy) is 1. The van der Waals surface area contributed by atoms with E-state index in [0.29, 0.717) is 37.1 Å². The molecule has 2 aromatic heterocycles. The molecule has 8 nitrogen and oxygen atoms in total. The highest BCUT2D eigenvalue weighted by molar-refractivity contribution is 6.17. The molecular weight excluding hydrogens is 571 g/mol. The first kappa shape index (κ1) is 27.1. The minimum atomic E-state index is -0.943. The number of pyridine rings is 1. The van der Waals surface area contributed by atoms with E-state index >= 15 is 4.39 Å². The topological polar surface area (TPSA) is 91.7 Å². The van der Waals surface area contributed by atoms with Gasteiger partial charge >= 0.3 is 6.01 Å². The molecule has 0 unspecified atom stereocenters. The number of phenolic OH excluding ortho intramolecular Hbond substituents is 1. The number of hydrogen-bond donors (Lipinski definition) is 1. The van der Waals surface area contributed by atoms with Crippen LogP contribution in [0.25, 0.3) is 32.9 Å². The molecule has 44 heavy (non-hydrogen) atoms. The molecule has 1 N–H and O–H groups in total. The number of terminal acetylenes is 1. The lowest BCUT2D eigenvalue weighted by molar-refractivity contribution is 0.0936. The van der Waals surface area contributed by atoms with Crippen LogP contribution >= 0.6 is 0 Å². The molecule has 8 rings (SSSR count). The lowest BCUT2D eigenvalue weighted by Gasteiger charge is -2.39. The summed E-state index contributed by atoms with van der Waals surface area (Å²) in [7, 11) is 0. The van der Waals surface area contributed by atoms with Crippen LogP contribution in [-0.2, 0) is 0 Å². The molecule has 0 spiro atoms. The largest absolute Gasteiger partial charge is 0.508 e.